The van der Waals surface area contributed by atoms with Gasteiger partial charge in [-0.25, -0.2) is 8.42 Å². The molecule has 0 aliphatic heterocycles. The lowest BCUT2D eigenvalue weighted by atomic mass is 9.53. The maximum atomic E-state index is 13.6. The highest BCUT2D eigenvalue weighted by Gasteiger charge is 2.51. The number of nitrogens with one attached hydrogen (secondary N) is 1. The summed E-state index contributed by atoms with van der Waals surface area (Å²) in [4.78, 5) is 13.4. The van der Waals surface area contributed by atoms with Crippen molar-refractivity contribution in [2.75, 3.05) is 10.8 Å². The van der Waals surface area contributed by atoms with E-state index < -0.39 is 10.0 Å². The van der Waals surface area contributed by atoms with Gasteiger partial charge >= 0.3 is 0 Å². The van der Waals surface area contributed by atoms with Crippen molar-refractivity contribution in [1.82, 2.24) is 5.32 Å². The average Bonchev–Trinajstić information content (AvgIpc) is 2.71. The minimum Gasteiger partial charge on any atom is -0.349 e. The predicted molar refractivity (Wildman–Crippen MR) is 126 cm³/mol. The molecule has 1 amide bonds. The van der Waals surface area contributed by atoms with Crippen molar-refractivity contribution in [1.29, 1.82) is 0 Å². The van der Waals surface area contributed by atoms with Crippen LogP contribution in [0, 0.1) is 24.7 Å². The molecule has 4 saturated carbocycles. The third kappa shape index (κ3) is 4.03. The monoisotopic (exact) mass is 472 g/mol. The number of halogens is 1. The summed E-state index contributed by atoms with van der Waals surface area (Å²) in [5, 5.41) is 3.59. The third-order valence-corrected chi connectivity index (χ3v) is 9.55. The van der Waals surface area contributed by atoms with Crippen LogP contribution in [0.2, 0.25) is 5.02 Å². The number of nitrogens with zero attached hydrogens (tertiary/aromatic N) is 1. The maximum absolute atomic E-state index is 13.6. The first-order valence-corrected chi connectivity index (χ1v) is 13.2. The van der Waals surface area contributed by atoms with Gasteiger partial charge in [0.05, 0.1) is 15.6 Å². The van der Waals surface area contributed by atoms with Gasteiger partial charge in [0.15, 0.2) is 0 Å². The number of benzene rings is 2. The zero-order valence-electron chi connectivity index (χ0n) is 18.3. The van der Waals surface area contributed by atoms with Gasteiger partial charge in [-0.3, -0.25) is 9.10 Å². The van der Waals surface area contributed by atoms with Crippen molar-refractivity contribution in [3.05, 3.63) is 59.1 Å². The fourth-order valence-electron chi connectivity index (χ4n) is 6.52. The first kappa shape index (κ1) is 21.8. The molecule has 6 rings (SSSR count). The minimum atomic E-state index is -3.97. The topological polar surface area (TPSA) is 66.5 Å². The van der Waals surface area contributed by atoms with Gasteiger partial charge in [-0.05, 0) is 87.5 Å². The van der Waals surface area contributed by atoms with E-state index >= 15 is 0 Å². The summed E-state index contributed by atoms with van der Waals surface area (Å²) in [5.41, 5.74) is 1.11. The van der Waals surface area contributed by atoms with Crippen LogP contribution in [0.25, 0.3) is 0 Å². The van der Waals surface area contributed by atoms with Gasteiger partial charge in [0, 0.05) is 5.54 Å². The maximum Gasteiger partial charge on any atom is 0.264 e. The van der Waals surface area contributed by atoms with Crippen LogP contribution in [0.3, 0.4) is 0 Å². The molecule has 4 fully saturated rings. The standard InChI is InChI=1S/C25H29ClN2O3S/c1-17-6-8-21(9-7-17)32(30,31)28(23-5-3-2-4-22(23)26)16-24(29)27-25-13-18-10-19(14-25)12-20(11-18)15-25/h2-9,18-20H,10-16H2,1H3,(H,27,29). The van der Waals surface area contributed by atoms with Gasteiger partial charge < -0.3 is 5.32 Å². The average molecular weight is 473 g/mol. The Balaban J connectivity index is 1.43. The van der Waals surface area contributed by atoms with Gasteiger partial charge in [-0.1, -0.05) is 41.4 Å². The third-order valence-electron chi connectivity index (χ3n) is 7.46. The van der Waals surface area contributed by atoms with E-state index in [1.165, 1.54) is 19.3 Å². The summed E-state index contributed by atoms with van der Waals surface area (Å²) >= 11 is 6.38. The van der Waals surface area contributed by atoms with Crippen LogP contribution in [0.15, 0.2) is 53.4 Å². The Bertz CT molecular complexity index is 1090. The highest BCUT2D eigenvalue weighted by molar-refractivity contribution is 7.92. The van der Waals surface area contributed by atoms with E-state index in [9.17, 15) is 13.2 Å². The molecule has 4 bridgehead atoms. The van der Waals surface area contributed by atoms with Gasteiger partial charge in [0.1, 0.15) is 6.54 Å². The Morgan fingerprint density at radius 1 is 1.00 bits per heavy atom. The highest BCUT2D eigenvalue weighted by atomic mass is 35.5. The predicted octanol–water partition coefficient (Wildman–Crippen LogP) is 4.93. The van der Waals surface area contributed by atoms with Crippen molar-refractivity contribution in [3.8, 4) is 0 Å². The van der Waals surface area contributed by atoms with Crippen LogP contribution < -0.4 is 9.62 Å². The molecule has 1 N–H and O–H groups in total. The number of hydrogen-bond acceptors (Lipinski definition) is 3. The van der Waals surface area contributed by atoms with Crippen LogP contribution in [-0.2, 0) is 14.8 Å². The molecule has 0 atom stereocenters. The molecule has 5 nitrogen and oxygen atoms in total. The second-order valence-corrected chi connectivity index (χ2v) is 12.3. The summed E-state index contributed by atoms with van der Waals surface area (Å²) in [6, 6.07) is 13.4. The molecule has 0 aromatic heterocycles. The Morgan fingerprint density at radius 2 is 1.56 bits per heavy atom. The van der Waals surface area contributed by atoms with Gasteiger partial charge in [-0.15, -0.1) is 0 Å². The number of carbonyl (C=O) groups is 1. The fraction of sp³-hybridized carbons (Fsp3) is 0.480. The number of amides is 1. The lowest BCUT2D eigenvalue weighted by molar-refractivity contribution is -0.125. The van der Waals surface area contributed by atoms with Crippen molar-refractivity contribution in [2.24, 2.45) is 17.8 Å². The van der Waals surface area contributed by atoms with E-state index in [0.717, 1.165) is 29.1 Å². The van der Waals surface area contributed by atoms with E-state index in [0.29, 0.717) is 28.5 Å². The summed E-state index contributed by atoms with van der Waals surface area (Å²) in [5.74, 6) is 1.81. The van der Waals surface area contributed by atoms with Crippen molar-refractivity contribution in [3.63, 3.8) is 0 Å². The van der Waals surface area contributed by atoms with Gasteiger partial charge in [-0.2, -0.15) is 0 Å². The van der Waals surface area contributed by atoms with E-state index in [-0.39, 0.29) is 22.9 Å². The lowest BCUT2D eigenvalue weighted by Crippen LogP contribution is -2.61. The molecule has 0 saturated heterocycles. The number of rotatable bonds is 6. The molecule has 170 valence electrons. The van der Waals surface area contributed by atoms with E-state index in [4.69, 9.17) is 11.6 Å². The number of carbonyl (C=O) groups excluding carboxylic acids is 1. The number of hydrogen-bond donors (Lipinski definition) is 1. The first-order valence-electron chi connectivity index (χ1n) is 11.4. The molecule has 0 heterocycles. The highest BCUT2D eigenvalue weighted by Crippen LogP contribution is 2.55. The summed E-state index contributed by atoms with van der Waals surface area (Å²) < 4.78 is 28.3. The smallest absolute Gasteiger partial charge is 0.264 e. The number of aryl methyl sites for hydroxylation is 1. The van der Waals surface area contributed by atoms with Crippen LogP contribution >= 0.6 is 11.6 Å². The molecular weight excluding hydrogens is 444 g/mol. The molecule has 0 spiro atoms. The van der Waals surface area contributed by atoms with Crippen molar-refractivity contribution in [2.45, 2.75) is 55.9 Å². The van der Waals surface area contributed by atoms with E-state index in [2.05, 4.69) is 5.32 Å². The number of para-hydroxylation sites is 1. The normalized spacial score (nSPS) is 28.5. The second-order valence-electron chi connectivity index (χ2n) is 10.0. The van der Waals surface area contributed by atoms with Gasteiger partial charge in [0.25, 0.3) is 10.0 Å². The molecule has 4 aliphatic carbocycles. The first-order chi connectivity index (χ1) is 15.2. The lowest BCUT2D eigenvalue weighted by Gasteiger charge is -2.57. The molecule has 2 aromatic rings. The number of anilines is 1. The molecule has 2 aromatic carbocycles. The zero-order valence-corrected chi connectivity index (χ0v) is 19.8. The summed E-state index contributed by atoms with van der Waals surface area (Å²) in [6.45, 7) is 1.61. The van der Waals surface area contributed by atoms with E-state index in [1.54, 1.807) is 48.5 Å². The minimum absolute atomic E-state index is 0.144. The number of sulfonamides is 1. The van der Waals surface area contributed by atoms with E-state index in [1.807, 2.05) is 6.92 Å². The molecule has 0 radical (unpaired) electrons. The Morgan fingerprint density at radius 3 is 2.12 bits per heavy atom. The largest absolute Gasteiger partial charge is 0.349 e. The van der Waals surface area contributed by atoms with Gasteiger partial charge in [0.2, 0.25) is 5.91 Å². The molecule has 0 unspecified atom stereocenters. The fourth-order valence-corrected chi connectivity index (χ4v) is 8.25. The quantitative estimate of drug-likeness (QED) is 0.648. The zero-order chi connectivity index (χ0) is 22.5. The van der Waals surface area contributed by atoms with Crippen LogP contribution in [-0.4, -0.2) is 26.4 Å². The summed E-state index contributed by atoms with van der Waals surface area (Å²) in [7, 11) is -3.97. The van der Waals surface area contributed by atoms with Crippen LogP contribution in [0.4, 0.5) is 5.69 Å². The second kappa shape index (κ2) is 8.07. The molecule has 32 heavy (non-hydrogen) atoms. The Kier molecular flexibility index (Phi) is 5.49. The SMILES string of the molecule is Cc1ccc(S(=O)(=O)N(CC(=O)NC23CC4CC(CC(C4)C2)C3)c2ccccc2Cl)cc1. The van der Waals surface area contributed by atoms with Crippen LogP contribution in [0.5, 0.6) is 0 Å². The van der Waals surface area contributed by atoms with Crippen molar-refractivity contribution < 1.29 is 13.2 Å². The van der Waals surface area contributed by atoms with Crippen LogP contribution in [0.1, 0.15) is 44.1 Å². The molecular formula is C25H29ClN2O3S. The van der Waals surface area contributed by atoms with Crippen molar-refractivity contribution >= 4 is 33.2 Å². The summed E-state index contributed by atoms with van der Waals surface area (Å²) in [6.07, 6.45) is 6.89. The molecule has 4 aliphatic rings. The Labute approximate surface area is 195 Å². The Hall–Kier alpha value is -2.05. The molecule has 7 heteroatoms.